The van der Waals surface area contributed by atoms with E-state index in [2.05, 4.69) is 4.90 Å². The van der Waals surface area contributed by atoms with Gasteiger partial charge in [-0.05, 0) is 44.9 Å². The second-order valence-electron chi connectivity index (χ2n) is 5.82. The van der Waals surface area contributed by atoms with E-state index in [1.54, 1.807) is 0 Å². The van der Waals surface area contributed by atoms with Gasteiger partial charge in [0.2, 0.25) is 5.91 Å². The monoisotopic (exact) mass is 239 g/mol. The van der Waals surface area contributed by atoms with Crippen molar-refractivity contribution < 1.29 is 9.90 Å². The third-order valence-electron chi connectivity index (χ3n) is 3.97. The van der Waals surface area contributed by atoms with Gasteiger partial charge in [0.15, 0.2) is 0 Å². The molecule has 1 saturated carbocycles. The highest BCUT2D eigenvalue weighted by atomic mass is 16.3. The Morgan fingerprint density at radius 1 is 1.29 bits per heavy atom. The molecule has 2 rings (SSSR count). The van der Waals surface area contributed by atoms with Crippen LogP contribution in [0.15, 0.2) is 0 Å². The molecule has 3 heteroatoms. The number of aliphatic hydroxyl groups excluding tert-OH is 1. The molecule has 0 aromatic carbocycles. The van der Waals surface area contributed by atoms with Crippen LogP contribution in [0.25, 0.3) is 0 Å². The number of rotatable bonds is 4. The van der Waals surface area contributed by atoms with E-state index in [1.165, 1.54) is 25.7 Å². The Morgan fingerprint density at radius 3 is 2.71 bits per heavy atom. The van der Waals surface area contributed by atoms with Crippen LogP contribution in [0.4, 0.5) is 0 Å². The fourth-order valence-electron chi connectivity index (χ4n) is 2.83. The number of nitrogens with zero attached hydrogens (tertiary/aromatic N) is 1. The lowest BCUT2D eigenvalue weighted by molar-refractivity contribution is -0.134. The van der Waals surface area contributed by atoms with Crippen molar-refractivity contribution in [1.82, 2.24) is 4.90 Å². The zero-order chi connectivity index (χ0) is 12.3. The molecule has 1 heterocycles. The summed E-state index contributed by atoms with van der Waals surface area (Å²) >= 11 is 0. The second-order valence-corrected chi connectivity index (χ2v) is 5.82. The zero-order valence-corrected chi connectivity index (χ0v) is 10.9. The molecule has 0 bridgehead atoms. The lowest BCUT2D eigenvalue weighted by atomic mass is 10.0. The maximum atomic E-state index is 12.2. The van der Waals surface area contributed by atoms with Gasteiger partial charge >= 0.3 is 0 Å². The first-order chi connectivity index (χ1) is 8.16. The van der Waals surface area contributed by atoms with Crippen LogP contribution in [0.5, 0.6) is 0 Å². The highest BCUT2D eigenvalue weighted by Gasteiger charge is 2.31. The first kappa shape index (κ1) is 12.9. The van der Waals surface area contributed by atoms with Crippen molar-refractivity contribution in [3.63, 3.8) is 0 Å². The predicted molar refractivity (Wildman–Crippen MR) is 67.6 cm³/mol. The van der Waals surface area contributed by atoms with E-state index in [0.717, 1.165) is 32.2 Å². The number of hydrogen-bond acceptors (Lipinski definition) is 2. The molecule has 2 fully saturated rings. The first-order valence-corrected chi connectivity index (χ1v) is 7.14. The van der Waals surface area contributed by atoms with Gasteiger partial charge in [-0.15, -0.1) is 0 Å². The number of hydrogen-bond donors (Lipinski definition) is 1. The quantitative estimate of drug-likeness (QED) is 0.818. The average Bonchev–Trinajstić information content (AvgIpc) is 3.04. The first-order valence-electron chi connectivity index (χ1n) is 7.14. The molecule has 1 amide bonds. The molecule has 0 aromatic rings. The predicted octanol–water partition coefficient (Wildman–Crippen LogP) is 2.33. The summed E-state index contributed by atoms with van der Waals surface area (Å²) in [5.41, 5.74) is 0. The lowest BCUT2D eigenvalue weighted by Gasteiger charge is -2.31. The Balaban J connectivity index is 1.94. The van der Waals surface area contributed by atoms with Gasteiger partial charge in [-0.25, -0.2) is 0 Å². The molecule has 2 atom stereocenters. The summed E-state index contributed by atoms with van der Waals surface area (Å²) in [6, 6.07) is 0.281. The Hall–Kier alpha value is -0.570. The van der Waals surface area contributed by atoms with Crippen LogP contribution >= 0.6 is 0 Å². The third-order valence-corrected chi connectivity index (χ3v) is 3.97. The minimum atomic E-state index is -0.297. The number of carbonyl (C=O) groups excluding carboxylic acids is 1. The van der Waals surface area contributed by atoms with Crippen molar-refractivity contribution in [2.45, 2.75) is 70.4 Å². The van der Waals surface area contributed by atoms with Crippen molar-refractivity contribution in [1.29, 1.82) is 0 Å². The van der Waals surface area contributed by atoms with Crippen LogP contribution < -0.4 is 0 Å². The summed E-state index contributed by atoms with van der Waals surface area (Å²) < 4.78 is 0. The largest absolute Gasteiger partial charge is 0.393 e. The van der Waals surface area contributed by atoms with Gasteiger partial charge in [0, 0.05) is 19.0 Å². The van der Waals surface area contributed by atoms with E-state index in [4.69, 9.17) is 0 Å². The van der Waals surface area contributed by atoms with Crippen molar-refractivity contribution in [2.24, 2.45) is 5.92 Å². The van der Waals surface area contributed by atoms with E-state index in [-0.39, 0.29) is 12.1 Å². The zero-order valence-electron chi connectivity index (χ0n) is 10.9. The molecule has 0 spiro atoms. The molecule has 2 aliphatic rings. The molecule has 1 N–H and O–H groups in total. The third kappa shape index (κ3) is 3.98. The van der Waals surface area contributed by atoms with Gasteiger partial charge in [0.1, 0.15) is 0 Å². The topological polar surface area (TPSA) is 40.5 Å². The van der Waals surface area contributed by atoms with Gasteiger partial charge in [-0.3, -0.25) is 4.79 Å². The van der Waals surface area contributed by atoms with E-state index in [9.17, 15) is 9.90 Å². The molecule has 0 radical (unpaired) electrons. The smallest absolute Gasteiger partial charge is 0.223 e. The molecule has 1 aliphatic carbocycles. The van der Waals surface area contributed by atoms with E-state index < -0.39 is 0 Å². The maximum Gasteiger partial charge on any atom is 0.223 e. The fraction of sp³-hybridized carbons (Fsp3) is 0.929. The fourth-order valence-corrected chi connectivity index (χ4v) is 2.83. The minimum absolute atomic E-state index is 0.281. The Morgan fingerprint density at radius 2 is 2.06 bits per heavy atom. The van der Waals surface area contributed by atoms with E-state index in [0.29, 0.717) is 11.8 Å². The van der Waals surface area contributed by atoms with Crippen LogP contribution in [0, 0.1) is 5.92 Å². The number of aliphatic hydroxyl groups is 1. The van der Waals surface area contributed by atoms with Crippen molar-refractivity contribution in [2.75, 3.05) is 6.54 Å². The molecule has 1 saturated heterocycles. The van der Waals surface area contributed by atoms with E-state index >= 15 is 0 Å². The standard InChI is InChI=1S/C14H25NO2/c1-11(16)9-13-5-3-2-4-8-15(13)14(17)10-12-6-7-12/h11-13,16H,2-10H2,1H3. The van der Waals surface area contributed by atoms with Gasteiger partial charge < -0.3 is 10.0 Å². The SMILES string of the molecule is CC(O)CC1CCCCCN1C(=O)CC1CC1. The maximum absolute atomic E-state index is 12.2. The summed E-state index contributed by atoms with van der Waals surface area (Å²) in [6.45, 7) is 2.73. The lowest BCUT2D eigenvalue weighted by Crippen LogP contribution is -2.41. The number of amides is 1. The van der Waals surface area contributed by atoms with Crippen LogP contribution in [0.1, 0.15) is 58.3 Å². The molecule has 1 aliphatic heterocycles. The number of carbonyl (C=O) groups is 1. The molecule has 98 valence electrons. The minimum Gasteiger partial charge on any atom is -0.393 e. The second kappa shape index (κ2) is 5.85. The van der Waals surface area contributed by atoms with Gasteiger partial charge in [-0.2, -0.15) is 0 Å². The van der Waals surface area contributed by atoms with Crippen LogP contribution in [-0.4, -0.2) is 34.6 Å². The highest BCUT2D eigenvalue weighted by molar-refractivity contribution is 5.77. The molecule has 3 nitrogen and oxygen atoms in total. The summed E-state index contributed by atoms with van der Waals surface area (Å²) in [5, 5.41) is 9.55. The normalized spacial score (nSPS) is 27.6. The average molecular weight is 239 g/mol. The Labute approximate surface area is 104 Å². The van der Waals surface area contributed by atoms with Crippen LogP contribution in [-0.2, 0) is 4.79 Å². The Bertz CT molecular complexity index is 261. The molecular formula is C14H25NO2. The summed E-state index contributed by atoms with van der Waals surface area (Å²) in [5.74, 6) is 0.998. The van der Waals surface area contributed by atoms with Crippen LogP contribution in [0.2, 0.25) is 0 Å². The van der Waals surface area contributed by atoms with Crippen molar-refractivity contribution in [3.8, 4) is 0 Å². The van der Waals surface area contributed by atoms with Gasteiger partial charge in [0.05, 0.1) is 6.10 Å². The van der Waals surface area contributed by atoms with Gasteiger partial charge in [-0.1, -0.05) is 12.8 Å². The van der Waals surface area contributed by atoms with E-state index in [1.807, 2.05) is 6.92 Å². The Kier molecular flexibility index (Phi) is 4.43. The summed E-state index contributed by atoms with van der Waals surface area (Å²) in [7, 11) is 0. The van der Waals surface area contributed by atoms with Crippen molar-refractivity contribution >= 4 is 5.91 Å². The molecule has 0 aromatic heterocycles. The summed E-state index contributed by atoms with van der Waals surface area (Å²) in [4.78, 5) is 14.3. The van der Waals surface area contributed by atoms with Crippen molar-refractivity contribution in [3.05, 3.63) is 0 Å². The number of likely N-dealkylation sites (tertiary alicyclic amines) is 1. The van der Waals surface area contributed by atoms with Crippen LogP contribution in [0.3, 0.4) is 0 Å². The molecule has 17 heavy (non-hydrogen) atoms. The van der Waals surface area contributed by atoms with Gasteiger partial charge in [0.25, 0.3) is 0 Å². The highest BCUT2D eigenvalue weighted by Crippen LogP contribution is 2.34. The molecular weight excluding hydrogens is 214 g/mol. The molecule has 2 unspecified atom stereocenters. The summed E-state index contributed by atoms with van der Waals surface area (Å²) in [6.07, 6.45) is 8.30.